The van der Waals surface area contributed by atoms with Crippen LogP contribution in [-0.2, 0) is 4.79 Å². The van der Waals surface area contributed by atoms with Gasteiger partial charge in [-0.05, 0) is 50.1 Å². The third-order valence-electron chi connectivity index (χ3n) is 2.93. The minimum atomic E-state index is -0.613. The second-order valence-corrected chi connectivity index (χ2v) is 6.92. The number of nitrogens with zero attached hydrogens (tertiary/aromatic N) is 2. The number of benzene rings is 2. The van der Waals surface area contributed by atoms with E-state index in [2.05, 4.69) is 42.4 Å². The van der Waals surface area contributed by atoms with Crippen LogP contribution in [0.25, 0.3) is 0 Å². The molecule has 0 radical (unpaired) electrons. The van der Waals surface area contributed by atoms with Crippen molar-refractivity contribution in [2.45, 2.75) is 0 Å². The van der Waals surface area contributed by atoms with Gasteiger partial charge in [-0.2, -0.15) is 5.10 Å². The Bertz CT molecular complexity index is 892. The number of hydrazone groups is 1. The number of amides is 1. The van der Waals surface area contributed by atoms with Crippen LogP contribution in [0.5, 0.6) is 11.5 Å². The van der Waals surface area contributed by atoms with Gasteiger partial charge in [0.1, 0.15) is 11.5 Å². The molecule has 2 aromatic rings. The number of ether oxygens (including phenoxy) is 1. The van der Waals surface area contributed by atoms with Crippen LogP contribution in [-0.4, -0.2) is 28.8 Å². The first-order valence-electron chi connectivity index (χ1n) is 6.84. The van der Waals surface area contributed by atoms with E-state index in [4.69, 9.17) is 16.3 Å². The summed E-state index contributed by atoms with van der Waals surface area (Å²) in [6, 6.07) is 7.11. The third-order valence-corrected chi connectivity index (χ3v) is 4.39. The van der Waals surface area contributed by atoms with Crippen LogP contribution in [0, 0.1) is 10.1 Å². The highest BCUT2D eigenvalue weighted by Crippen LogP contribution is 2.31. The lowest BCUT2D eigenvalue weighted by molar-refractivity contribution is -0.385. The minimum absolute atomic E-state index is 0.0627. The average Bonchev–Trinajstić information content (AvgIpc) is 2.57. The van der Waals surface area contributed by atoms with Crippen molar-refractivity contribution in [1.82, 2.24) is 5.43 Å². The number of nitro benzene ring substituents is 1. The van der Waals surface area contributed by atoms with Gasteiger partial charge in [-0.15, -0.1) is 0 Å². The van der Waals surface area contributed by atoms with Gasteiger partial charge in [0.25, 0.3) is 11.6 Å². The summed E-state index contributed by atoms with van der Waals surface area (Å²) in [5.74, 6) is -0.379. The van der Waals surface area contributed by atoms with Crippen molar-refractivity contribution in [3.05, 3.63) is 60.0 Å². The molecule has 0 heterocycles. The maximum atomic E-state index is 11.7. The predicted octanol–water partition coefficient (Wildman–Crippen LogP) is 4.01. The molecule has 136 valence electrons. The number of non-ortho nitro benzene ring substituents is 1. The maximum absolute atomic E-state index is 11.7. The number of nitrogens with one attached hydrogen (secondary N) is 1. The molecule has 8 nitrogen and oxygen atoms in total. The summed E-state index contributed by atoms with van der Waals surface area (Å²) in [4.78, 5) is 22.0. The van der Waals surface area contributed by atoms with E-state index in [0.29, 0.717) is 15.2 Å². The number of carbonyl (C=O) groups excluding carboxylic acids is 1. The van der Waals surface area contributed by atoms with Gasteiger partial charge in [-0.25, -0.2) is 5.43 Å². The number of nitro groups is 1. The van der Waals surface area contributed by atoms with Crippen LogP contribution in [0.3, 0.4) is 0 Å². The molecule has 26 heavy (non-hydrogen) atoms. The lowest BCUT2D eigenvalue weighted by Crippen LogP contribution is -2.24. The van der Waals surface area contributed by atoms with Crippen LogP contribution in [0.15, 0.2) is 44.4 Å². The van der Waals surface area contributed by atoms with Crippen molar-refractivity contribution < 1.29 is 19.6 Å². The highest BCUT2D eigenvalue weighted by Gasteiger charge is 2.13. The van der Waals surface area contributed by atoms with Crippen molar-refractivity contribution in [2.75, 3.05) is 6.61 Å². The molecule has 0 aliphatic carbocycles. The van der Waals surface area contributed by atoms with E-state index in [9.17, 15) is 20.0 Å². The number of carbonyl (C=O) groups is 1. The molecule has 0 bridgehead atoms. The van der Waals surface area contributed by atoms with Gasteiger partial charge in [0.2, 0.25) is 0 Å². The van der Waals surface area contributed by atoms with Gasteiger partial charge in [0, 0.05) is 22.7 Å². The maximum Gasteiger partial charge on any atom is 0.277 e. The third kappa shape index (κ3) is 5.41. The molecule has 0 spiro atoms. The molecule has 2 rings (SSSR count). The normalized spacial score (nSPS) is 10.7. The van der Waals surface area contributed by atoms with Crippen molar-refractivity contribution in [3.8, 4) is 11.5 Å². The van der Waals surface area contributed by atoms with Crippen molar-refractivity contribution in [2.24, 2.45) is 5.10 Å². The fraction of sp³-hybridized carbons (Fsp3) is 0.0667. The molecule has 0 unspecified atom stereocenters. The smallest absolute Gasteiger partial charge is 0.277 e. The number of halogens is 3. The first kappa shape index (κ1) is 20.1. The number of rotatable bonds is 6. The molecule has 2 N–H and O–H groups in total. The van der Waals surface area contributed by atoms with Crippen LogP contribution in [0.4, 0.5) is 5.69 Å². The summed E-state index contributed by atoms with van der Waals surface area (Å²) >= 11 is 12.1. The number of phenolic OH excluding ortho intramolecular Hbond substituents is 1. The molecule has 1 amide bonds. The summed E-state index contributed by atoms with van der Waals surface area (Å²) < 4.78 is 6.04. The van der Waals surface area contributed by atoms with Crippen LogP contribution in [0.2, 0.25) is 5.02 Å². The minimum Gasteiger partial charge on any atom is -0.506 e. The Hall–Kier alpha value is -2.17. The molecule has 0 aromatic heterocycles. The van der Waals surface area contributed by atoms with Gasteiger partial charge < -0.3 is 9.84 Å². The zero-order valence-electron chi connectivity index (χ0n) is 12.8. The van der Waals surface area contributed by atoms with Gasteiger partial charge in [0.15, 0.2) is 6.61 Å². The fourth-order valence-electron chi connectivity index (χ4n) is 1.75. The van der Waals surface area contributed by atoms with E-state index in [0.717, 1.165) is 18.3 Å². The average molecular weight is 508 g/mol. The first-order chi connectivity index (χ1) is 12.3. The van der Waals surface area contributed by atoms with E-state index in [1.54, 1.807) is 18.2 Å². The summed E-state index contributed by atoms with van der Waals surface area (Å²) in [5, 5.41) is 24.9. The highest BCUT2D eigenvalue weighted by atomic mass is 79.9. The highest BCUT2D eigenvalue weighted by molar-refractivity contribution is 9.10. The Morgan fingerprint density at radius 3 is 2.73 bits per heavy atom. The summed E-state index contributed by atoms with van der Waals surface area (Å²) in [5.41, 5.74) is 2.02. The summed E-state index contributed by atoms with van der Waals surface area (Å²) in [7, 11) is 0. The standard InChI is InChI=1S/C15H10Br2ClN3O5/c16-11-4-9(18)1-2-13(11)26-7-14(22)20-19-6-8-3-10(21(24)25)5-12(17)15(8)23/h1-6,23H,7H2,(H,20,22)/b19-6+. The Morgan fingerprint density at radius 2 is 2.08 bits per heavy atom. The first-order valence-corrected chi connectivity index (χ1v) is 8.81. The molecule has 2 aromatic carbocycles. The SMILES string of the molecule is O=C(COc1ccc(Cl)cc1Br)N/N=C/c1cc([N+](=O)[O-])cc(Br)c1O. The van der Waals surface area contributed by atoms with Crippen molar-refractivity contribution >= 4 is 61.3 Å². The topological polar surface area (TPSA) is 114 Å². The van der Waals surface area contributed by atoms with Gasteiger partial charge in [-0.3, -0.25) is 14.9 Å². The molecular formula is C15H10Br2ClN3O5. The Balaban J connectivity index is 1.97. The Labute approximate surface area is 169 Å². The van der Waals surface area contributed by atoms with Crippen molar-refractivity contribution in [3.63, 3.8) is 0 Å². The second-order valence-electron chi connectivity index (χ2n) is 4.78. The zero-order valence-corrected chi connectivity index (χ0v) is 16.7. The zero-order chi connectivity index (χ0) is 19.3. The van der Waals surface area contributed by atoms with Crippen LogP contribution < -0.4 is 10.2 Å². The lowest BCUT2D eigenvalue weighted by atomic mass is 10.2. The Morgan fingerprint density at radius 1 is 1.35 bits per heavy atom. The molecule has 0 aliphatic rings. The Kier molecular flexibility index (Phi) is 6.95. The quantitative estimate of drug-likeness (QED) is 0.348. The number of aromatic hydroxyl groups is 1. The predicted molar refractivity (Wildman–Crippen MR) is 103 cm³/mol. The van der Waals surface area contributed by atoms with E-state index < -0.39 is 10.8 Å². The van der Waals surface area contributed by atoms with Crippen LogP contribution >= 0.6 is 43.5 Å². The molecule has 11 heteroatoms. The van der Waals surface area contributed by atoms with E-state index in [1.807, 2.05) is 0 Å². The fourth-order valence-corrected chi connectivity index (χ4v) is 3.01. The molecular weight excluding hydrogens is 497 g/mol. The molecule has 0 atom stereocenters. The molecule has 0 saturated heterocycles. The number of hydrogen-bond acceptors (Lipinski definition) is 6. The molecule has 0 fully saturated rings. The second kappa shape index (κ2) is 8.97. The van der Waals surface area contributed by atoms with E-state index in [1.165, 1.54) is 0 Å². The summed E-state index contributed by atoms with van der Waals surface area (Å²) in [6.07, 6.45) is 1.09. The van der Waals surface area contributed by atoms with Gasteiger partial charge in [-0.1, -0.05) is 11.6 Å². The van der Waals surface area contributed by atoms with E-state index in [-0.39, 0.29) is 28.1 Å². The summed E-state index contributed by atoms with van der Waals surface area (Å²) in [6.45, 7) is -0.317. The van der Waals surface area contributed by atoms with Crippen LogP contribution in [0.1, 0.15) is 5.56 Å². The van der Waals surface area contributed by atoms with Gasteiger partial charge in [0.05, 0.1) is 20.1 Å². The van der Waals surface area contributed by atoms with Crippen molar-refractivity contribution in [1.29, 1.82) is 0 Å². The molecule has 0 aliphatic heterocycles. The monoisotopic (exact) mass is 505 g/mol. The van der Waals surface area contributed by atoms with Gasteiger partial charge >= 0.3 is 0 Å². The largest absolute Gasteiger partial charge is 0.506 e. The van der Waals surface area contributed by atoms with E-state index >= 15 is 0 Å². The molecule has 0 saturated carbocycles. The number of hydrogen-bond donors (Lipinski definition) is 2. The number of phenols is 1. The lowest BCUT2D eigenvalue weighted by Gasteiger charge is -2.07.